The van der Waals surface area contributed by atoms with Crippen LogP contribution in [0.1, 0.15) is 33.6 Å². The number of hydrogen-bond acceptors (Lipinski definition) is 5. The average molecular weight is 521 g/mol. The van der Waals surface area contributed by atoms with Gasteiger partial charge in [0.25, 0.3) is 5.91 Å². The lowest BCUT2D eigenvalue weighted by Gasteiger charge is -2.42. The summed E-state index contributed by atoms with van der Waals surface area (Å²) in [6.45, 7) is 9.76. The number of carbonyl (C=O) groups is 3. The van der Waals surface area contributed by atoms with Crippen molar-refractivity contribution in [1.82, 2.24) is 4.90 Å². The second-order valence-corrected chi connectivity index (χ2v) is 12.3. The molecule has 2 N–H and O–H groups in total. The van der Waals surface area contributed by atoms with Gasteiger partial charge in [-0.05, 0) is 48.9 Å². The number of thioether (sulfide) groups is 1. The summed E-state index contributed by atoms with van der Waals surface area (Å²) < 4.78 is -0.863. The van der Waals surface area contributed by atoms with Crippen molar-refractivity contribution in [3.8, 4) is 0 Å². The number of halogens is 1. The highest BCUT2D eigenvalue weighted by Gasteiger charge is 2.77. The first kappa shape index (κ1) is 26.0. The summed E-state index contributed by atoms with van der Waals surface area (Å²) in [4.78, 5) is 43.9. The summed E-state index contributed by atoms with van der Waals surface area (Å²) in [5, 5.41) is 20.7. The predicted molar refractivity (Wildman–Crippen MR) is 137 cm³/mol. The summed E-state index contributed by atoms with van der Waals surface area (Å²) in [6.07, 6.45) is 2.78. The highest BCUT2D eigenvalue weighted by molar-refractivity contribution is 8.02. The van der Waals surface area contributed by atoms with Crippen molar-refractivity contribution < 1.29 is 24.6 Å². The van der Waals surface area contributed by atoms with Gasteiger partial charge in [0.2, 0.25) is 5.91 Å². The van der Waals surface area contributed by atoms with E-state index >= 15 is 0 Å². The third-order valence-electron chi connectivity index (χ3n) is 7.77. The standard InChI is InChI=1S/C26H33ClN2O5S/c1-5-10-28(17-8-6-16(27)7-9-17)24(32)22-26-15(4)12-19(35-26)20(25(33)34)21(26)23(31)29(22)18(13-30)11-14(2)3/h5-9,14-15,18-22,30H,1,10-13H2,2-4H3,(H,33,34)/t15?,18-,19+,20-,21+,22?,26?/m1/s1. The Morgan fingerprint density at radius 1 is 1.34 bits per heavy atom. The molecule has 0 saturated carbocycles. The third kappa shape index (κ3) is 4.07. The van der Waals surface area contributed by atoms with E-state index in [1.807, 2.05) is 20.8 Å². The Morgan fingerprint density at radius 3 is 2.54 bits per heavy atom. The van der Waals surface area contributed by atoms with Gasteiger partial charge in [-0.15, -0.1) is 18.3 Å². The van der Waals surface area contributed by atoms with Crippen molar-refractivity contribution in [2.75, 3.05) is 18.1 Å². The van der Waals surface area contributed by atoms with Crippen LogP contribution in [0.3, 0.4) is 0 Å². The Balaban J connectivity index is 1.86. The normalized spacial score (nSPS) is 32.1. The van der Waals surface area contributed by atoms with Gasteiger partial charge in [0, 0.05) is 22.5 Å². The Morgan fingerprint density at radius 2 is 2.00 bits per heavy atom. The summed E-state index contributed by atoms with van der Waals surface area (Å²) in [6, 6.07) is 5.44. The number of carbonyl (C=O) groups excluding carboxylic acids is 2. The van der Waals surface area contributed by atoms with E-state index in [-0.39, 0.29) is 42.1 Å². The number of aliphatic carboxylic acids is 1. The van der Waals surface area contributed by atoms with Crippen LogP contribution in [0, 0.1) is 23.7 Å². The van der Waals surface area contributed by atoms with Crippen LogP contribution < -0.4 is 4.90 Å². The molecule has 1 aromatic carbocycles. The van der Waals surface area contributed by atoms with Crippen LogP contribution in [0.4, 0.5) is 5.69 Å². The van der Waals surface area contributed by atoms with Gasteiger partial charge in [0.1, 0.15) is 6.04 Å². The molecule has 0 radical (unpaired) electrons. The number of fused-ring (bicyclic) bond motifs is 1. The molecule has 3 aliphatic rings. The van der Waals surface area contributed by atoms with Crippen molar-refractivity contribution in [3.63, 3.8) is 0 Å². The molecular formula is C26H33ClN2O5S. The van der Waals surface area contributed by atoms with E-state index in [1.54, 1.807) is 40.1 Å². The zero-order chi connectivity index (χ0) is 25.7. The molecule has 7 nitrogen and oxygen atoms in total. The number of aliphatic hydroxyl groups excluding tert-OH is 1. The molecule has 3 aliphatic heterocycles. The average Bonchev–Trinajstić information content (AvgIpc) is 3.40. The van der Waals surface area contributed by atoms with Gasteiger partial charge in [-0.2, -0.15) is 0 Å². The molecule has 9 heteroatoms. The second-order valence-electron chi connectivity index (χ2n) is 10.3. The molecule has 7 atom stereocenters. The van der Waals surface area contributed by atoms with Gasteiger partial charge in [-0.1, -0.05) is 38.4 Å². The Kier molecular flexibility index (Phi) is 7.28. The first-order valence-electron chi connectivity index (χ1n) is 12.1. The van der Waals surface area contributed by atoms with E-state index in [2.05, 4.69) is 6.58 Å². The van der Waals surface area contributed by atoms with Crippen LogP contribution in [-0.4, -0.2) is 68.1 Å². The predicted octanol–water partition coefficient (Wildman–Crippen LogP) is 3.69. The molecule has 2 amide bonds. The number of benzene rings is 1. The Hall–Kier alpha value is -2.03. The van der Waals surface area contributed by atoms with Gasteiger partial charge in [-0.3, -0.25) is 14.4 Å². The number of carboxylic acid groups (broad SMARTS) is 1. The van der Waals surface area contributed by atoms with Crippen molar-refractivity contribution in [2.45, 2.75) is 55.7 Å². The molecule has 4 rings (SSSR count). The highest BCUT2D eigenvalue weighted by Crippen LogP contribution is 2.69. The van der Waals surface area contributed by atoms with E-state index in [0.29, 0.717) is 23.6 Å². The van der Waals surface area contributed by atoms with Crippen LogP contribution >= 0.6 is 23.4 Å². The van der Waals surface area contributed by atoms with Gasteiger partial charge >= 0.3 is 5.97 Å². The van der Waals surface area contributed by atoms with Crippen LogP contribution in [0.15, 0.2) is 36.9 Å². The van der Waals surface area contributed by atoms with E-state index in [0.717, 1.165) is 0 Å². The van der Waals surface area contributed by atoms with Crippen molar-refractivity contribution >= 4 is 46.8 Å². The molecule has 190 valence electrons. The third-order valence-corrected chi connectivity index (χ3v) is 10.1. The lowest BCUT2D eigenvalue weighted by molar-refractivity contribution is -0.149. The first-order valence-corrected chi connectivity index (χ1v) is 13.4. The summed E-state index contributed by atoms with van der Waals surface area (Å²) in [5.41, 5.74) is 0.621. The fraction of sp³-hybridized carbons (Fsp3) is 0.577. The molecule has 3 unspecified atom stereocenters. The number of aliphatic hydroxyl groups is 1. The molecule has 3 heterocycles. The van der Waals surface area contributed by atoms with E-state index in [4.69, 9.17) is 11.6 Å². The van der Waals surface area contributed by atoms with Gasteiger partial charge in [0.15, 0.2) is 0 Å². The summed E-state index contributed by atoms with van der Waals surface area (Å²) in [7, 11) is 0. The number of anilines is 1. The molecule has 0 aromatic heterocycles. The lowest BCUT2D eigenvalue weighted by atomic mass is 9.66. The number of carboxylic acids is 1. The fourth-order valence-corrected chi connectivity index (χ4v) is 8.98. The van der Waals surface area contributed by atoms with Gasteiger partial charge in [0.05, 0.1) is 29.2 Å². The molecular weight excluding hydrogens is 488 g/mol. The molecule has 1 aromatic rings. The zero-order valence-electron chi connectivity index (χ0n) is 20.3. The number of hydrogen-bond donors (Lipinski definition) is 2. The summed E-state index contributed by atoms with van der Waals surface area (Å²) >= 11 is 7.57. The molecule has 35 heavy (non-hydrogen) atoms. The van der Waals surface area contributed by atoms with E-state index < -0.39 is 34.6 Å². The van der Waals surface area contributed by atoms with Crippen LogP contribution in [0.5, 0.6) is 0 Å². The fourth-order valence-electron chi connectivity index (χ4n) is 6.45. The van der Waals surface area contributed by atoms with Gasteiger partial charge in [-0.25, -0.2) is 0 Å². The largest absolute Gasteiger partial charge is 0.481 e. The number of rotatable bonds is 9. The maximum absolute atomic E-state index is 14.4. The smallest absolute Gasteiger partial charge is 0.308 e. The molecule has 0 aliphatic carbocycles. The number of amides is 2. The van der Waals surface area contributed by atoms with Crippen LogP contribution in [0.2, 0.25) is 5.02 Å². The van der Waals surface area contributed by atoms with E-state index in [1.165, 1.54) is 11.8 Å². The SMILES string of the molecule is C=CCN(C(=O)C1N([C@@H](CO)CC(C)C)C(=O)[C@@H]2[C@H](C(=O)O)[C@@H]3CC(C)C12S3)c1ccc(Cl)cc1. The lowest BCUT2D eigenvalue weighted by Crippen LogP contribution is -2.59. The second kappa shape index (κ2) is 9.79. The molecule has 3 fully saturated rings. The Bertz CT molecular complexity index is 1020. The van der Waals surface area contributed by atoms with Crippen LogP contribution in [0.25, 0.3) is 0 Å². The van der Waals surface area contributed by atoms with Crippen LogP contribution in [-0.2, 0) is 14.4 Å². The monoisotopic (exact) mass is 520 g/mol. The molecule has 1 spiro atoms. The van der Waals surface area contributed by atoms with Crippen molar-refractivity contribution in [2.24, 2.45) is 23.7 Å². The minimum Gasteiger partial charge on any atom is -0.481 e. The number of nitrogens with zero attached hydrogens (tertiary/aromatic N) is 2. The van der Waals surface area contributed by atoms with Crippen molar-refractivity contribution in [3.05, 3.63) is 41.9 Å². The number of likely N-dealkylation sites (tertiary alicyclic amines) is 1. The maximum atomic E-state index is 14.4. The first-order chi connectivity index (χ1) is 16.6. The zero-order valence-corrected chi connectivity index (χ0v) is 21.8. The maximum Gasteiger partial charge on any atom is 0.308 e. The Labute approximate surface area is 215 Å². The van der Waals surface area contributed by atoms with E-state index in [9.17, 15) is 24.6 Å². The summed E-state index contributed by atoms with van der Waals surface area (Å²) in [5.74, 6) is -3.10. The quantitative estimate of drug-likeness (QED) is 0.482. The topological polar surface area (TPSA) is 98.2 Å². The van der Waals surface area contributed by atoms with Crippen molar-refractivity contribution in [1.29, 1.82) is 0 Å². The molecule has 2 bridgehead atoms. The minimum absolute atomic E-state index is 0.0322. The van der Waals surface area contributed by atoms with Gasteiger partial charge < -0.3 is 20.0 Å². The highest BCUT2D eigenvalue weighted by atomic mass is 35.5. The minimum atomic E-state index is -0.993. The molecule has 3 saturated heterocycles.